The van der Waals surface area contributed by atoms with Crippen LogP contribution in [-0.2, 0) is 6.42 Å². The average Bonchev–Trinajstić information content (AvgIpc) is 2.50. The molecule has 0 aliphatic heterocycles. The second kappa shape index (κ2) is 6.55. The summed E-state index contributed by atoms with van der Waals surface area (Å²) in [6.45, 7) is 2.89. The van der Waals surface area contributed by atoms with Crippen LogP contribution in [0.5, 0.6) is 0 Å². The van der Waals surface area contributed by atoms with Crippen molar-refractivity contribution in [1.82, 2.24) is 4.98 Å². The lowest BCUT2D eigenvalue weighted by molar-refractivity contribution is 1.02. The maximum atomic E-state index is 6.20. The number of nitrogens with one attached hydrogen (secondary N) is 1. The lowest BCUT2D eigenvalue weighted by atomic mass is 10.1. The van der Waals surface area contributed by atoms with Crippen LogP contribution in [0.3, 0.4) is 0 Å². The highest BCUT2D eigenvalue weighted by molar-refractivity contribution is 6.35. The molecule has 112 valence electrons. The predicted molar refractivity (Wildman–Crippen MR) is 95.1 cm³/mol. The van der Waals surface area contributed by atoms with E-state index < -0.39 is 0 Å². The fourth-order valence-corrected chi connectivity index (χ4v) is 2.97. The molecule has 0 bridgehead atoms. The first-order chi connectivity index (χ1) is 10.6. The molecule has 0 saturated carbocycles. The third-order valence-electron chi connectivity index (χ3n) is 3.62. The van der Waals surface area contributed by atoms with Crippen molar-refractivity contribution in [2.24, 2.45) is 0 Å². The normalized spacial score (nSPS) is 10.9. The van der Waals surface area contributed by atoms with Gasteiger partial charge in [-0.25, -0.2) is 0 Å². The van der Waals surface area contributed by atoms with Gasteiger partial charge in [0, 0.05) is 33.9 Å². The summed E-state index contributed by atoms with van der Waals surface area (Å²) in [5, 5.41) is 5.99. The van der Waals surface area contributed by atoms with Crippen LogP contribution >= 0.6 is 23.2 Å². The number of nitrogens with zero attached hydrogens (tertiary/aromatic N) is 1. The third kappa shape index (κ3) is 3.34. The molecule has 22 heavy (non-hydrogen) atoms. The molecule has 0 radical (unpaired) electrons. The summed E-state index contributed by atoms with van der Waals surface area (Å²) in [7, 11) is 0. The minimum absolute atomic E-state index is 0.664. The predicted octanol–water partition coefficient (Wildman–Crippen LogP) is 5.50. The van der Waals surface area contributed by atoms with Crippen LogP contribution in [0.25, 0.3) is 10.9 Å². The summed E-state index contributed by atoms with van der Waals surface area (Å²) in [5.41, 5.74) is 4.41. The van der Waals surface area contributed by atoms with E-state index in [1.807, 2.05) is 30.5 Å². The van der Waals surface area contributed by atoms with Gasteiger partial charge in [0.2, 0.25) is 0 Å². The first-order valence-corrected chi connectivity index (χ1v) is 7.92. The molecule has 4 heteroatoms. The van der Waals surface area contributed by atoms with Crippen molar-refractivity contribution in [3.63, 3.8) is 0 Å². The summed E-state index contributed by atoms with van der Waals surface area (Å²) >= 11 is 12.1. The van der Waals surface area contributed by atoms with Crippen molar-refractivity contribution in [1.29, 1.82) is 0 Å². The van der Waals surface area contributed by atoms with Gasteiger partial charge >= 0.3 is 0 Å². The molecule has 0 fully saturated rings. The fourth-order valence-electron chi connectivity index (χ4n) is 2.47. The molecule has 0 amide bonds. The number of fused-ring (bicyclic) bond motifs is 1. The molecule has 1 aromatic heterocycles. The van der Waals surface area contributed by atoms with Gasteiger partial charge in [-0.3, -0.25) is 4.98 Å². The van der Waals surface area contributed by atoms with Gasteiger partial charge in [-0.05, 0) is 49.2 Å². The number of halogens is 2. The zero-order valence-corrected chi connectivity index (χ0v) is 13.7. The Morgan fingerprint density at radius 2 is 1.91 bits per heavy atom. The van der Waals surface area contributed by atoms with Crippen molar-refractivity contribution < 1.29 is 0 Å². The second-order valence-corrected chi connectivity index (χ2v) is 6.14. The Labute approximate surface area is 140 Å². The highest BCUT2D eigenvalue weighted by Crippen LogP contribution is 2.24. The number of anilines is 1. The van der Waals surface area contributed by atoms with Gasteiger partial charge in [-0.15, -0.1) is 0 Å². The van der Waals surface area contributed by atoms with E-state index in [0.29, 0.717) is 10.0 Å². The fraction of sp³-hybridized carbons (Fsp3) is 0.167. The third-order valence-corrected chi connectivity index (χ3v) is 4.21. The van der Waals surface area contributed by atoms with Crippen molar-refractivity contribution in [2.45, 2.75) is 13.3 Å². The average molecular weight is 331 g/mol. The number of aromatic nitrogens is 1. The van der Waals surface area contributed by atoms with E-state index in [4.69, 9.17) is 23.2 Å². The van der Waals surface area contributed by atoms with Crippen LogP contribution in [0.15, 0.2) is 48.7 Å². The molecule has 0 atom stereocenters. The molecule has 2 aromatic carbocycles. The largest absolute Gasteiger partial charge is 0.384 e. The number of hydrogen-bond acceptors (Lipinski definition) is 2. The Kier molecular flexibility index (Phi) is 4.51. The number of rotatable bonds is 4. The van der Waals surface area contributed by atoms with Crippen LogP contribution < -0.4 is 5.32 Å². The lowest BCUT2D eigenvalue weighted by Crippen LogP contribution is -2.06. The molecule has 3 aromatic rings. The molecular weight excluding hydrogens is 315 g/mol. The molecule has 0 saturated heterocycles. The van der Waals surface area contributed by atoms with E-state index in [1.54, 1.807) is 6.07 Å². The monoisotopic (exact) mass is 330 g/mol. The molecule has 1 N–H and O–H groups in total. The van der Waals surface area contributed by atoms with Crippen molar-refractivity contribution in [3.05, 3.63) is 69.8 Å². The topological polar surface area (TPSA) is 24.9 Å². The summed E-state index contributed by atoms with van der Waals surface area (Å²) in [6, 6.07) is 13.9. The van der Waals surface area contributed by atoms with Crippen LogP contribution in [0.4, 0.5) is 5.69 Å². The molecule has 3 rings (SSSR count). The maximum absolute atomic E-state index is 6.20. The highest BCUT2D eigenvalue weighted by Gasteiger charge is 2.04. The molecule has 0 spiro atoms. The molecule has 0 aliphatic carbocycles. The van der Waals surface area contributed by atoms with E-state index >= 15 is 0 Å². The Hall–Kier alpha value is -1.77. The summed E-state index contributed by atoms with van der Waals surface area (Å²) < 4.78 is 0. The lowest BCUT2D eigenvalue weighted by Gasteiger charge is -2.11. The van der Waals surface area contributed by atoms with Gasteiger partial charge in [0.1, 0.15) is 0 Å². The van der Waals surface area contributed by atoms with Crippen molar-refractivity contribution in [3.8, 4) is 0 Å². The summed E-state index contributed by atoms with van der Waals surface area (Å²) in [6.07, 6.45) is 2.67. The van der Waals surface area contributed by atoms with Crippen LogP contribution in [0, 0.1) is 6.92 Å². The van der Waals surface area contributed by atoms with Crippen LogP contribution in [0.2, 0.25) is 10.0 Å². The highest BCUT2D eigenvalue weighted by atomic mass is 35.5. The molecular formula is C18H16Cl2N2. The van der Waals surface area contributed by atoms with Gasteiger partial charge in [0.05, 0.1) is 5.52 Å². The maximum Gasteiger partial charge on any atom is 0.0722 e. The SMILES string of the molecule is Cc1ccc2nccc(NCCc3ccc(Cl)cc3Cl)c2c1. The van der Waals surface area contributed by atoms with E-state index in [-0.39, 0.29) is 0 Å². The van der Waals surface area contributed by atoms with E-state index in [1.165, 1.54) is 5.56 Å². The Balaban J connectivity index is 1.75. The molecule has 1 heterocycles. The minimum Gasteiger partial charge on any atom is -0.384 e. The number of pyridine rings is 1. The smallest absolute Gasteiger partial charge is 0.0722 e. The van der Waals surface area contributed by atoms with Crippen molar-refractivity contribution in [2.75, 3.05) is 11.9 Å². The van der Waals surface area contributed by atoms with E-state index in [9.17, 15) is 0 Å². The molecule has 0 aliphatic rings. The van der Waals surface area contributed by atoms with E-state index in [0.717, 1.165) is 35.1 Å². The van der Waals surface area contributed by atoms with Gasteiger partial charge < -0.3 is 5.32 Å². The molecule has 0 unspecified atom stereocenters. The second-order valence-electron chi connectivity index (χ2n) is 5.29. The van der Waals surface area contributed by atoms with Crippen molar-refractivity contribution >= 4 is 39.8 Å². The number of aryl methyl sites for hydroxylation is 1. The Bertz CT molecular complexity index is 815. The van der Waals surface area contributed by atoms with E-state index in [2.05, 4.69) is 29.4 Å². The van der Waals surface area contributed by atoms with Crippen LogP contribution in [-0.4, -0.2) is 11.5 Å². The Morgan fingerprint density at radius 3 is 2.73 bits per heavy atom. The first-order valence-electron chi connectivity index (χ1n) is 7.16. The van der Waals surface area contributed by atoms with Gasteiger partial charge in [0.25, 0.3) is 0 Å². The first kappa shape index (κ1) is 15.1. The molecule has 2 nitrogen and oxygen atoms in total. The van der Waals surface area contributed by atoms with Crippen LogP contribution in [0.1, 0.15) is 11.1 Å². The standard InChI is InChI=1S/C18H16Cl2N2/c1-12-2-5-17-15(10-12)18(7-9-22-17)21-8-6-13-3-4-14(19)11-16(13)20/h2-5,7,9-11H,6,8H2,1H3,(H,21,22). The summed E-state index contributed by atoms with van der Waals surface area (Å²) in [5.74, 6) is 0. The minimum atomic E-state index is 0.664. The van der Waals surface area contributed by atoms with Gasteiger partial charge in [-0.2, -0.15) is 0 Å². The van der Waals surface area contributed by atoms with Gasteiger partial charge in [-0.1, -0.05) is 40.9 Å². The van der Waals surface area contributed by atoms with Gasteiger partial charge in [0.15, 0.2) is 0 Å². The number of benzene rings is 2. The zero-order chi connectivity index (χ0) is 15.5. The number of hydrogen-bond donors (Lipinski definition) is 1. The Morgan fingerprint density at radius 1 is 1.05 bits per heavy atom. The quantitative estimate of drug-likeness (QED) is 0.682. The summed E-state index contributed by atoms with van der Waals surface area (Å²) in [4.78, 5) is 4.40. The zero-order valence-electron chi connectivity index (χ0n) is 12.2.